The molecule has 0 radical (unpaired) electrons. The van der Waals surface area contributed by atoms with Gasteiger partial charge in [0.05, 0.1) is 0 Å². The van der Waals surface area contributed by atoms with Gasteiger partial charge in [0.25, 0.3) is 0 Å². The lowest BCUT2D eigenvalue weighted by molar-refractivity contribution is 0.116. The van der Waals surface area contributed by atoms with Crippen LogP contribution in [0.5, 0.6) is 0 Å². The minimum absolute atomic E-state index is 0.638. The third kappa shape index (κ3) is 3.63. The van der Waals surface area contributed by atoms with Crippen molar-refractivity contribution < 1.29 is 4.74 Å². The lowest BCUT2D eigenvalue weighted by Crippen LogP contribution is -2.52. The number of nitrogens with zero attached hydrogens (tertiary/aromatic N) is 1. The highest BCUT2D eigenvalue weighted by Gasteiger charge is 2.19. The molecule has 0 saturated carbocycles. The van der Waals surface area contributed by atoms with E-state index in [-0.39, 0.29) is 0 Å². The van der Waals surface area contributed by atoms with Gasteiger partial charge in [-0.25, -0.2) is 0 Å². The van der Waals surface area contributed by atoms with Gasteiger partial charge in [-0.2, -0.15) is 0 Å². The van der Waals surface area contributed by atoms with Gasteiger partial charge in [-0.05, 0) is 20.3 Å². The number of rotatable bonds is 4. The van der Waals surface area contributed by atoms with Crippen molar-refractivity contribution in [3.8, 4) is 0 Å². The molecule has 3 heteroatoms. The second-order valence-corrected chi connectivity index (χ2v) is 3.98. The Hall–Kier alpha value is -0.120. The number of hydrogen-bond donors (Lipinski definition) is 1. The van der Waals surface area contributed by atoms with E-state index in [1.54, 1.807) is 7.11 Å². The molecule has 2 atom stereocenters. The van der Waals surface area contributed by atoms with Gasteiger partial charge >= 0.3 is 0 Å². The minimum atomic E-state index is 0.638. The zero-order valence-corrected chi connectivity index (χ0v) is 9.05. The molecule has 1 aliphatic rings. The first-order valence-electron chi connectivity index (χ1n) is 5.20. The van der Waals surface area contributed by atoms with Crippen LogP contribution in [0.1, 0.15) is 20.3 Å². The van der Waals surface area contributed by atoms with Gasteiger partial charge in [0, 0.05) is 45.4 Å². The molecule has 1 rings (SSSR count). The van der Waals surface area contributed by atoms with Gasteiger partial charge in [0.2, 0.25) is 0 Å². The summed E-state index contributed by atoms with van der Waals surface area (Å²) in [7, 11) is 1.77. The molecule has 3 nitrogen and oxygen atoms in total. The monoisotopic (exact) mass is 186 g/mol. The van der Waals surface area contributed by atoms with E-state index >= 15 is 0 Å². The summed E-state index contributed by atoms with van der Waals surface area (Å²) >= 11 is 0. The molecular formula is C10H22N2O. The van der Waals surface area contributed by atoms with Crippen molar-refractivity contribution in [2.45, 2.75) is 32.4 Å². The van der Waals surface area contributed by atoms with Crippen molar-refractivity contribution in [1.82, 2.24) is 10.2 Å². The van der Waals surface area contributed by atoms with Crippen molar-refractivity contribution in [2.75, 3.05) is 33.4 Å². The van der Waals surface area contributed by atoms with E-state index in [1.165, 1.54) is 13.1 Å². The fourth-order valence-electron chi connectivity index (χ4n) is 1.83. The van der Waals surface area contributed by atoms with Crippen LogP contribution in [0.2, 0.25) is 0 Å². The van der Waals surface area contributed by atoms with Gasteiger partial charge in [-0.15, -0.1) is 0 Å². The summed E-state index contributed by atoms with van der Waals surface area (Å²) in [5.74, 6) is 0. The van der Waals surface area contributed by atoms with E-state index < -0.39 is 0 Å². The first kappa shape index (κ1) is 11.0. The first-order valence-corrected chi connectivity index (χ1v) is 5.20. The Balaban J connectivity index is 2.24. The maximum absolute atomic E-state index is 5.09. The molecule has 13 heavy (non-hydrogen) atoms. The molecular weight excluding hydrogens is 164 g/mol. The highest BCUT2D eigenvalue weighted by Crippen LogP contribution is 2.07. The molecule has 0 aromatic rings. The first-order chi connectivity index (χ1) is 6.24. The predicted molar refractivity (Wildman–Crippen MR) is 55.0 cm³/mol. The van der Waals surface area contributed by atoms with Gasteiger partial charge in [0.15, 0.2) is 0 Å². The zero-order valence-electron chi connectivity index (χ0n) is 9.05. The van der Waals surface area contributed by atoms with E-state index in [0.29, 0.717) is 12.1 Å². The van der Waals surface area contributed by atoms with Crippen LogP contribution in [0.25, 0.3) is 0 Å². The normalized spacial score (nSPS) is 27.5. The maximum atomic E-state index is 5.09. The lowest BCUT2D eigenvalue weighted by Gasteiger charge is -2.36. The molecule has 1 aliphatic heterocycles. The highest BCUT2D eigenvalue weighted by atomic mass is 16.5. The smallest absolute Gasteiger partial charge is 0.0477 e. The number of hydrogen-bond acceptors (Lipinski definition) is 3. The largest absolute Gasteiger partial charge is 0.385 e. The van der Waals surface area contributed by atoms with Gasteiger partial charge in [-0.1, -0.05) is 0 Å². The maximum Gasteiger partial charge on any atom is 0.0477 e. The molecule has 0 aromatic heterocycles. The average Bonchev–Trinajstić information content (AvgIpc) is 2.14. The Labute approximate surface area is 81.4 Å². The number of nitrogens with one attached hydrogen (secondary N) is 1. The number of ether oxygens (including phenoxy) is 1. The standard InChI is InChI=1S/C10H22N2O/c1-9-8-12(6-5-11-9)10(2)4-7-13-3/h9-11H,4-8H2,1-3H3/t9-,10?/m0/s1. The van der Waals surface area contributed by atoms with Crippen LogP contribution in [0.4, 0.5) is 0 Å². The van der Waals surface area contributed by atoms with Crippen molar-refractivity contribution in [3.05, 3.63) is 0 Å². The van der Waals surface area contributed by atoms with Crippen LogP contribution in [-0.2, 0) is 4.74 Å². The topological polar surface area (TPSA) is 24.5 Å². The molecule has 1 N–H and O–H groups in total. The van der Waals surface area contributed by atoms with Crippen molar-refractivity contribution in [2.24, 2.45) is 0 Å². The quantitative estimate of drug-likeness (QED) is 0.699. The Kier molecular flexibility index (Phi) is 4.70. The second kappa shape index (κ2) is 5.58. The van der Waals surface area contributed by atoms with Crippen molar-refractivity contribution in [1.29, 1.82) is 0 Å². The fraction of sp³-hybridized carbons (Fsp3) is 1.00. The van der Waals surface area contributed by atoms with Crippen molar-refractivity contribution >= 4 is 0 Å². The van der Waals surface area contributed by atoms with Crippen molar-refractivity contribution in [3.63, 3.8) is 0 Å². The second-order valence-electron chi connectivity index (χ2n) is 3.98. The van der Waals surface area contributed by atoms with Gasteiger partial charge in [0.1, 0.15) is 0 Å². The number of piperazine rings is 1. The molecule has 0 bridgehead atoms. The average molecular weight is 186 g/mol. The molecule has 78 valence electrons. The van der Waals surface area contributed by atoms with Crippen LogP contribution in [0.3, 0.4) is 0 Å². The van der Waals surface area contributed by atoms with Crippen LogP contribution in [0, 0.1) is 0 Å². The number of methoxy groups -OCH3 is 1. The molecule has 0 aromatic carbocycles. The Morgan fingerprint density at radius 1 is 1.62 bits per heavy atom. The van der Waals surface area contributed by atoms with E-state index in [2.05, 4.69) is 24.1 Å². The summed E-state index contributed by atoms with van der Waals surface area (Å²) < 4.78 is 5.09. The third-order valence-corrected chi connectivity index (χ3v) is 2.76. The van der Waals surface area contributed by atoms with Crippen LogP contribution >= 0.6 is 0 Å². The molecule has 0 spiro atoms. The van der Waals surface area contributed by atoms with E-state index in [0.717, 1.165) is 19.6 Å². The fourth-order valence-corrected chi connectivity index (χ4v) is 1.83. The summed E-state index contributed by atoms with van der Waals surface area (Å²) in [6.07, 6.45) is 1.14. The van der Waals surface area contributed by atoms with E-state index in [4.69, 9.17) is 4.74 Å². The molecule has 0 aliphatic carbocycles. The summed E-state index contributed by atoms with van der Waals surface area (Å²) in [6.45, 7) is 8.88. The Morgan fingerprint density at radius 3 is 3.00 bits per heavy atom. The predicted octanol–water partition coefficient (Wildman–Crippen LogP) is 0.705. The molecule has 0 amide bonds. The molecule has 1 unspecified atom stereocenters. The zero-order chi connectivity index (χ0) is 9.68. The SMILES string of the molecule is COCCC(C)N1CCN[C@@H](C)C1. The van der Waals surface area contributed by atoms with E-state index in [9.17, 15) is 0 Å². The van der Waals surface area contributed by atoms with Crippen LogP contribution in [-0.4, -0.2) is 50.3 Å². The van der Waals surface area contributed by atoms with E-state index in [1.807, 2.05) is 0 Å². The Morgan fingerprint density at radius 2 is 2.38 bits per heavy atom. The summed E-state index contributed by atoms with van der Waals surface area (Å²) in [5.41, 5.74) is 0. The summed E-state index contributed by atoms with van der Waals surface area (Å²) in [4.78, 5) is 2.54. The summed E-state index contributed by atoms with van der Waals surface area (Å²) in [6, 6.07) is 1.29. The van der Waals surface area contributed by atoms with Gasteiger partial charge < -0.3 is 10.1 Å². The molecule has 1 fully saturated rings. The lowest BCUT2D eigenvalue weighted by atomic mass is 10.1. The minimum Gasteiger partial charge on any atom is -0.385 e. The third-order valence-electron chi connectivity index (χ3n) is 2.76. The molecule has 1 heterocycles. The Bertz CT molecular complexity index is 141. The molecule has 1 saturated heterocycles. The summed E-state index contributed by atoms with van der Waals surface area (Å²) in [5, 5.41) is 3.45. The highest BCUT2D eigenvalue weighted by molar-refractivity contribution is 4.78. The van der Waals surface area contributed by atoms with Crippen LogP contribution < -0.4 is 5.32 Å². The van der Waals surface area contributed by atoms with Gasteiger partial charge in [-0.3, -0.25) is 4.90 Å². The van der Waals surface area contributed by atoms with Crippen LogP contribution in [0.15, 0.2) is 0 Å².